The lowest BCUT2D eigenvalue weighted by atomic mass is 9.64. The van der Waals surface area contributed by atoms with Crippen LogP contribution in [0.15, 0.2) is 47.0 Å². The number of nitrogens with zero attached hydrogens (tertiary/aromatic N) is 2. The average Bonchev–Trinajstić information content (AvgIpc) is 3.85. The van der Waals surface area contributed by atoms with Crippen LogP contribution in [0.2, 0.25) is 0 Å². The lowest BCUT2D eigenvalue weighted by Gasteiger charge is -2.40. The Bertz CT molecular complexity index is 1570. The summed E-state index contributed by atoms with van der Waals surface area (Å²) in [6.45, 7) is 0.183. The van der Waals surface area contributed by atoms with Crippen LogP contribution in [0, 0.1) is 23.6 Å². The van der Waals surface area contributed by atoms with Crippen molar-refractivity contribution in [2.75, 3.05) is 4.90 Å². The third-order valence-electron chi connectivity index (χ3n) is 9.89. The van der Waals surface area contributed by atoms with Crippen LogP contribution in [0.5, 0.6) is 5.75 Å². The number of carboxylic acid groups (broad SMARTS) is 1. The number of carbonyl (C=O) groups is 1. The van der Waals surface area contributed by atoms with Gasteiger partial charge in [0.2, 0.25) is 0 Å². The van der Waals surface area contributed by atoms with Crippen molar-refractivity contribution in [2.24, 2.45) is 17.8 Å². The molecule has 11 heteroatoms. The zero-order valence-electron chi connectivity index (χ0n) is 21.7. The van der Waals surface area contributed by atoms with E-state index in [4.69, 9.17) is 9.26 Å². The molecular formula is C30H26F4N2O5. The maximum Gasteiger partial charge on any atom is 0.573 e. The van der Waals surface area contributed by atoms with E-state index in [0.717, 1.165) is 38.2 Å². The van der Waals surface area contributed by atoms with Crippen LogP contribution in [0.1, 0.15) is 59.7 Å². The van der Waals surface area contributed by atoms with Gasteiger partial charge in [-0.15, -0.1) is 13.2 Å². The molecule has 5 fully saturated rings. The van der Waals surface area contributed by atoms with Gasteiger partial charge in [-0.3, -0.25) is 0 Å². The highest BCUT2D eigenvalue weighted by Gasteiger charge is 2.81. The van der Waals surface area contributed by atoms with Gasteiger partial charge in [0.15, 0.2) is 0 Å². The second-order valence-corrected chi connectivity index (χ2v) is 11.9. The molecule has 1 saturated heterocycles. The van der Waals surface area contributed by atoms with Gasteiger partial charge in [0.25, 0.3) is 0 Å². The molecule has 0 bridgehead atoms. The number of hydrogen-bond acceptors (Lipinski definition) is 6. The maximum absolute atomic E-state index is 14.9. The fourth-order valence-electron chi connectivity index (χ4n) is 7.87. The summed E-state index contributed by atoms with van der Waals surface area (Å²) in [6, 6.07) is 10.2. The Balaban J connectivity index is 1.01. The van der Waals surface area contributed by atoms with E-state index in [1.807, 2.05) is 0 Å². The number of aromatic carboxylic acids is 1. The van der Waals surface area contributed by atoms with Gasteiger partial charge in [-0.1, -0.05) is 17.3 Å². The number of rotatable bonds is 8. The first-order valence-electron chi connectivity index (χ1n) is 13.9. The van der Waals surface area contributed by atoms with Crippen LogP contribution in [0.3, 0.4) is 0 Å². The first-order chi connectivity index (χ1) is 19.7. The zero-order valence-corrected chi connectivity index (χ0v) is 21.7. The van der Waals surface area contributed by atoms with E-state index in [0.29, 0.717) is 40.5 Å². The minimum Gasteiger partial charge on any atom is -0.478 e. The van der Waals surface area contributed by atoms with E-state index in [9.17, 15) is 27.5 Å². The van der Waals surface area contributed by atoms with Crippen molar-refractivity contribution in [1.29, 1.82) is 0 Å². The summed E-state index contributed by atoms with van der Waals surface area (Å²) in [5, 5.41) is 13.4. The normalized spacial score (nSPS) is 31.0. The molecule has 2 heterocycles. The number of benzene rings is 2. The molecule has 214 valence electrons. The quantitative estimate of drug-likeness (QED) is 0.244. The van der Waals surface area contributed by atoms with Crippen molar-refractivity contribution in [2.45, 2.75) is 68.7 Å². The Morgan fingerprint density at radius 1 is 1.17 bits per heavy atom. The van der Waals surface area contributed by atoms with Gasteiger partial charge in [-0.25, -0.2) is 9.18 Å². The van der Waals surface area contributed by atoms with E-state index in [1.165, 1.54) is 18.2 Å². The number of ether oxygens (including phenoxy) is 2. The fourth-order valence-corrected chi connectivity index (χ4v) is 7.87. The molecule has 1 aliphatic heterocycles. The Kier molecular flexibility index (Phi) is 5.19. The molecule has 6 atom stereocenters. The highest BCUT2D eigenvalue weighted by Crippen LogP contribution is 2.75. The summed E-state index contributed by atoms with van der Waals surface area (Å²) >= 11 is 0. The molecule has 0 amide bonds. The molecule has 4 aliphatic carbocycles. The molecule has 4 saturated carbocycles. The van der Waals surface area contributed by atoms with Gasteiger partial charge in [-0.05, 0) is 80.2 Å². The van der Waals surface area contributed by atoms with Crippen molar-refractivity contribution in [3.8, 4) is 17.0 Å². The lowest BCUT2D eigenvalue weighted by Crippen LogP contribution is -2.44. The van der Waals surface area contributed by atoms with Crippen LogP contribution in [-0.4, -0.2) is 40.3 Å². The van der Waals surface area contributed by atoms with Crippen LogP contribution < -0.4 is 9.64 Å². The standard InChI is InChI=1S/C30H26F4N2O5/c31-20-11-15(28(37)38)7-8-21(20)36-23-12-17-24(19-9-10-29(19,23)36)27(17)39-13-18-25(35-41-26(18)14-5-6-14)16-3-1-2-4-22(16)40-30(32,33)34/h1-4,7-8,11,14,17,19,23-24,27H,5-6,9-10,12-13H2,(H,37,38)/t17?,19?,23?,24?,27-,29?,36?/m0/s1. The van der Waals surface area contributed by atoms with Crippen molar-refractivity contribution in [1.82, 2.24) is 5.16 Å². The third-order valence-corrected chi connectivity index (χ3v) is 9.89. The summed E-state index contributed by atoms with van der Waals surface area (Å²) in [5.41, 5.74) is 1.49. The second-order valence-electron chi connectivity index (χ2n) is 11.9. The number of anilines is 1. The van der Waals surface area contributed by atoms with E-state index < -0.39 is 18.1 Å². The number of alkyl halides is 3. The van der Waals surface area contributed by atoms with E-state index >= 15 is 0 Å². The van der Waals surface area contributed by atoms with Crippen molar-refractivity contribution in [3.63, 3.8) is 0 Å². The first-order valence-corrected chi connectivity index (χ1v) is 13.9. The summed E-state index contributed by atoms with van der Waals surface area (Å²) in [7, 11) is 0. The number of aromatic nitrogens is 1. The summed E-state index contributed by atoms with van der Waals surface area (Å²) in [6.07, 6.45) is -0.101. The highest BCUT2D eigenvalue weighted by atomic mass is 19.4. The molecular weight excluding hydrogens is 544 g/mol. The van der Waals surface area contributed by atoms with E-state index in [2.05, 4.69) is 14.8 Å². The van der Waals surface area contributed by atoms with Gasteiger partial charge in [0, 0.05) is 17.0 Å². The molecule has 2 aromatic carbocycles. The number of para-hydroxylation sites is 1. The largest absolute Gasteiger partial charge is 0.573 e. The molecule has 7 nitrogen and oxygen atoms in total. The smallest absolute Gasteiger partial charge is 0.478 e. The van der Waals surface area contributed by atoms with Gasteiger partial charge in [-0.2, -0.15) is 0 Å². The number of halogens is 4. The van der Waals surface area contributed by atoms with Gasteiger partial charge in [0.1, 0.15) is 23.0 Å². The molecule has 3 aromatic rings. The monoisotopic (exact) mass is 570 g/mol. The lowest BCUT2D eigenvalue weighted by molar-refractivity contribution is -0.274. The maximum atomic E-state index is 14.9. The Hall–Kier alpha value is -3.60. The van der Waals surface area contributed by atoms with Crippen LogP contribution >= 0.6 is 0 Å². The van der Waals surface area contributed by atoms with Crippen molar-refractivity contribution >= 4 is 11.7 Å². The average molecular weight is 571 g/mol. The molecule has 5 aliphatic rings. The fraction of sp³-hybridized carbons (Fsp3) is 0.467. The van der Waals surface area contributed by atoms with E-state index in [1.54, 1.807) is 18.2 Å². The van der Waals surface area contributed by atoms with Gasteiger partial charge < -0.3 is 24.0 Å². The molecule has 1 N–H and O–H groups in total. The second kappa shape index (κ2) is 8.47. The minimum atomic E-state index is -4.84. The predicted octanol–water partition coefficient (Wildman–Crippen LogP) is 6.53. The molecule has 1 spiro atoms. The molecule has 8 rings (SSSR count). The Morgan fingerprint density at radius 3 is 2.66 bits per heavy atom. The molecule has 1 aromatic heterocycles. The highest BCUT2D eigenvalue weighted by molar-refractivity contribution is 5.88. The number of carboxylic acids is 1. The molecule has 41 heavy (non-hydrogen) atoms. The van der Waals surface area contributed by atoms with E-state index in [-0.39, 0.29) is 47.1 Å². The topological polar surface area (TPSA) is 84.8 Å². The van der Waals surface area contributed by atoms with Crippen LogP contribution in [0.25, 0.3) is 11.3 Å². The zero-order chi connectivity index (χ0) is 28.3. The Labute approximate surface area is 232 Å². The van der Waals surface area contributed by atoms with Crippen LogP contribution in [-0.2, 0) is 11.3 Å². The minimum absolute atomic E-state index is 0.0162. The SMILES string of the molecule is O=C(O)c1ccc(N2C3CC4C(C5CCC532)[C@H]4OCc2c(-c3ccccc3OC(F)(F)F)noc2C2CC2)c(F)c1. The summed E-state index contributed by atoms with van der Waals surface area (Å²) < 4.78 is 70.6. The Morgan fingerprint density at radius 2 is 1.98 bits per heavy atom. The molecule has 0 radical (unpaired) electrons. The summed E-state index contributed by atoms with van der Waals surface area (Å²) in [4.78, 5) is 13.4. The number of hydrogen-bond donors (Lipinski definition) is 1. The number of fused-ring (bicyclic) bond motifs is 2. The van der Waals surface area contributed by atoms with Crippen molar-refractivity contribution in [3.05, 3.63) is 65.2 Å². The van der Waals surface area contributed by atoms with Crippen LogP contribution in [0.4, 0.5) is 23.2 Å². The van der Waals surface area contributed by atoms with Gasteiger partial charge >= 0.3 is 12.3 Å². The molecule has 5 unspecified atom stereocenters. The van der Waals surface area contributed by atoms with Gasteiger partial charge in [0.05, 0.1) is 35.5 Å². The first kappa shape index (κ1) is 25.1. The third kappa shape index (κ3) is 3.80. The summed E-state index contributed by atoms with van der Waals surface area (Å²) in [5.74, 6) is -0.138. The van der Waals surface area contributed by atoms with Crippen molar-refractivity contribution < 1.29 is 41.5 Å². The predicted molar refractivity (Wildman–Crippen MR) is 136 cm³/mol.